The summed E-state index contributed by atoms with van der Waals surface area (Å²) in [6.07, 6.45) is -0.569. The van der Waals surface area contributed by atoms with Crippen LogP contribution >= 0.6 is 0 Å². The molecule has 0 aliphatic heterocycles. The van der Waals surface area contributed by atoms with Gasteiger partial charge < -0.3 is 43.2 Å². The number of rotatable bonds is 19. The van der Waals surface area contributed by atoms with Gasteiger partial charge >= 0.3 is 6.09 Å². The number of guanidine groups is 1. The Morgan fingerprint density at radius 3 is 2.06 bits per heavy atom. The Morgan fingerprint density at radius 2 is 1.48 bits per heavy atom. The number of amides is 5. The minimum atomic E-state index is -1.41. The van der Waals surface area contributed by atoms with Gasteiger partial charge in [0.2, 0.25) is 23.5 Å². The van der Waals surface area contributed by atoms with Crippen molar-refractivity contribution < 1.29 is 33.9 Å². The van der Waals surface area contributed by atoms with Gasteiger partial charge in [0.1, 0.15) is 18.1 Å². The lowest BCUT2D eigenvalue weighted by molar-refractivity contribution is -0.142. The maximum absolute atomic E-state index is 13.5. The minimum absolute atomic E-state index is 0.00800. The van der Waals surface area contributed by atoms with Crippen molar-refractivity contribution in [3.8, 4) is 0 Å². The Kier molecular flexibility index (Phi) is 15.3. The zero-order valence-corrected chi connectivity index (χ0v) is 27.8. The van der Waals surface area contributed by atoms with Crippen molar-refractivity contribution in [1.82, 2.24) is 26.6 Å². The Labute approximate surface area is 279 Å². The zero-order valence-electron chi connectivity index (χ0n) is 27.8. The third-order valence-electron chi connectivity index (χ3n) is 7.86. The summed E-state index contributed by atoms with van der Waals surface area (Å²) in [6.45, 7) is 7.19. The Balaban J connectivity index is 2.26. The van der Waals surface area contributed by atoms with Gasteiger partial charge in [-0.3, -0.25) is 29.4 Å². The number of hydrogen-bond acceptors (Lipinski definition) is 7. The molecule has 15 heteroatoms. The first kappa shape index (κ1) is 39.0. The average molecular weight is 669 g/mol. The molecule has 0 aromatic heterocycles. The number of carbonyl (C=O) groups excluding carboxylic acids is 5. The normalized spacial score (nSPS) is 14.1. The molecule has 0 heterocycles. The van der Waals surface area contributed by atoms with Crippen LogP contribution in [0, 0.1) is 17.2 Å². The molecule has 15 nitrogen and oxygen atoms in total. The van der Waals surface area contributed by atoms with Crippen LogP contribution in [0.15, 0.2) is 42.5 Å². The molecule has 262 valence electrons. The second-order valence-electron chi connectivity index (χ2n) is 12.2. The highest BCUT2D eigenvalue weighted by Crippen LogP contribution is 2.17. The summed E-state index contributed by atoms with van der Waals surface area (Å²) in [7, 11) is 0. The van der Waals surface area contributed by atoms with Crippen LogP contribution in [0.5, 0.6) is 0 Å². The summed E-state index contributed by atoms with van der Waals surface area (Å²) >= 11 is 0. The molecule has 0 saturated heterocycles. The van der Waals surface area contributed by atoms with E-state index in [0.717, 1.165) is 16.3 Å². The molecule has 48 heavy (non-hydrogen) atoms. The number of fused-ring (bicyclic) bond motifs is 1. The van der Waals surface area contributed by atoms with Crippen LogP contribution in [-0.2, 0) is 30.4 Å². The summed E-state index contributed by atoms with van der Waals surface area (Å²) in [6, 6.07) is 8.29. The van der Waals surface area contributed by atoms with Gasteiger partial charge in [0.25, 0.3) is 5.91 Å². The second-order valence-corrected chi connectivity index (χ2v) is 12.2. The third-order valence-corrected chi connectivity index (χ3v) is 7.86. The van der Waals surface area contributed by atoms with Crippen LogP contribution in [0.4, 0.5) is 4.79 Å². The molecule has 1 unspecified atom stereocenters. The molecule has 5 amide bonds. The summed E-state index contributed by atoms with van der Waals surface area (Å²) in [5.41, 5.74) is 11.7. The maximum Gasteiger partial charge on any atom is 0.405 e. The molecule has 0 radical (unpaired) electrons. The van der Waals surface area contributed by atoms with Crippen molar-refractivity contribution in [2.24, 2.45) is 23.3 Å². The molecule has 0 fully saturated rings. The average Bonchev–Trinajstić information content (AvgIpc) is 3.02. The first-order valence-electron chi connectivity index (χ1n) is 15.9. The number of carbonyl (C=O) groups is 6. The number of nitrogens with two attached hydrogens (primary N) is 2. The van der Waals surface area contributed by atoms with Crippen molar-refractivity contribution in [3.05, 3.63) is 48.0 Å². The smallest absolute Gasteiger partial charge is 0.405 e. The van der Waals surface area contributed by atoms with Gasteiger partial charge in [-0.1, -0.05) is 76.6 Å². The highest BCUT2D eigenvalue weighted by atomic mass is 16.4. The highest BCUT2D eigenvalue weighted by molar-refractivity contribution is 6.39. The number of benzene rings is 2. The van der Waals surface area contributed by atoms with Gasteiger partial charge in [-0.15, -0.1) is 0 Å². The van der Waals surface area contributed by atoms with Crippen molar-refractivity contribution in [1.29, 1.82) is 5.41 Å². The van der Waals surface area contributed by atoms with Gasteiger partial charge in [0, 0.05) is 13.0 Å². The predicted molar refractivity (Wildman–Crippen MR) is 181 cm³/mol. The second kappa shape index (κ2) is 18.8. The van der Waals surface area contributed by atoms with E-state index in [1.54, 1.807) is 27.7 Å². The Morgan fingerprint density at radius 1 is 0.833 bits per heavy atom. The largest absolute Gasteiger partial charge is 0.465 e. The predicted octanol–water partition coefficient (Wildman–Crippen LogP) is 0.883. The zero-order chi connectivity index (χ0) is 36.0. The SMILES string of the molecule is CC[C@H](C)C(NC(=O)[C@H](CC(C)C)NC(=O)O)C(=O)C(=O)N[C@@H](CCCNC(=N)N)C(=O)N[C@@H](Cc1ccc2ccccc2c1)C(N)=O. The number of primary amides is 1. The van der Waals surface area contributed by atoms with Crippen LogP contribution in [0.2, 0.25) is 0 Å². The van der Waals surface area contributed by atoms with Gasteiger partial charge in [0.05, 0.1) is 6.04 Å². The third kappa shape index (κ3) is 12.5. The van der Waals surface area contributed by atoms with Gasteiger partial charge in [0.15, 0.2) is 5.96 Å². The molecule has 0 aliphatic rings. The fourth-order valence-electron chi connectivity index (χ4n) is 5.07. The molecule has 0 bridgehead atoms. The number of Topliss-reactive ketones (excluding diaryl/α,β-unsaturated/α-hetero) is 1. The summed E-state index contributed by atoms with van der Waals surface area (Å²) in [4.78, 5) is 77.1. The first-order valence-corrected chi connectivity index (χ1v) is 15.9. The number of nitrogens with one attached hydrogen (secondary N) is 6. The van der Waals surface area contributed by atoms with E-state index in [4.69, 9.17) is 16.9 Å². The number of carboxylic acid groups (broad SMARTS) is 1. The van der Waals surface area contributed by atoms with Crippen LogP contribution < -0.4 is 38.1 Å². The fourth-order valence-corrected chi connectivity index (χ4v) is 5.07. The Bertz CT molecular complexity index is 1480. The van der Waals surface area contributed by atoms with Crippen LogP contribution in [-0.4, -0.2) is 77.3 Å². The van der Waals surface area contributed by atoms with Crippen LogP contribution in [0.3, 0.4) is 0 Å². The summed E-state index contributed by atoms with van der Waals surface area (Å²) in [5.74, 6) is -5.40. The Hall–Kier alpha value is -5.21. The van der Waals surface area contributed by atoms with Crippen LogP contribution in [0.1, 0.15) is 58.9 Å². The van der Waals surface area contributed by atoms with E-state index in [2.05, 4.69) is 26.6 Å². The monoisotopic (exact) mass is 668 g/mol. The van der Waals surface area contributed by atoms with E-state index in [1.807, 2.05) is 42.5 Å². The summed E-state index contributed by atoms with van der Waals surface area (Å²) < 4.78 is 0. The number of ketones is 1. The quantitative estimate of drug-likeness (QED) is 0.0445. The van der Waals surface area contributed by atoms with Crippen LogP contribution in [0.25, 0.3) is 10.8 Å². The van der Waals surface area contributed by atoms with Crippen molar-refractivity contribution in [2.75, 3.05) is 6.54 Å². The molecule has 11 N–H and O–H groups in total. The lowest BCUT2D eigenvalue weighted by Crippen LogP contribution is -2.58. The minimum Gasteiger partial charge on any atom is -0.465 e. The van der Waals surface area contributed by atoms with Gasteiger partial charge in [-0.05, 0) is 47.4 Å². The molecule has 0 saturated carbocycles. The molecule has 2 aromatic carbocycles. The fraction of sp³-hybridized carbons (Fsp3) is 0.485. The van der Waals surface area contributed by atoms with E-state index in [-0.39, 0.29) is 44.1 Å². The lowest BCUT2D eigenvalue weighted by Gasteiger charge is -2.27. The van der Waals surface area contributed by atoms with E-state index in [1.165, 1.54) is 0 Å². The first-order chi connectivity index (χ1) is 22.6. The molecule has 5 atom stereocenters. The van der Waals surface area contributed by atoms with Gasteiger partial charge in [-0.25, -0.2) is 4.79 Å². The number of hydrogen-bond donors (Lipinski definition) is 9. The summed E-state index contributed by atoms with van der Waals surface area (Å²) in [5, 5.41) is 30.8. The van der Waals surface area contributed by atoms with E-state index >= 15 is 0 Å². The van der Waals surface area contributed by atoms with Crippen molar-refractivity contribution >= 4 is 52.2 Å². The highest BCUT2D eigenvalue weighted by Gasteiger charge is 2.35. The van der Waals surface area contributed by atoms with Gasteiger partial charge in [-0.2, -0.15) is 0 Å². The van der Waals surface area contributed by atoms with E-state index < -0.39 is 65.6 Å². The lowest BCUT2D eigenvalue weighted by atomic mass is 9.93. The molecular formula is C33H48N8O7. The van der Waals surface area contributed by atoms with E-state index in [0.29, 0.717) is 6.42 Å². The topological polar surface area (TPSA) is 259 Å². The molecule has 0 spiro atoms. The van der Waals surface area contributed by atoms with Crippen molar-refractivity contribution in [3.63, 3.8) is 0 Å². The van der Waals surface area contributed by atoms with E-state index in [9.17, 15) is 33.9 Å². The maximum atomic E-state index is 13.5. The van der Waals surface area contributed by atoms with Crippen molar-refractivity contribution in [2.45, 2.75) is 84.0 Å². The molecule has 2 rings (SSSR count). The molecular weight excluding hydrogens is 620 g/mol. The standard InChI is InChI=1S/C33H48N8O7/c1-5-19(4)26(41-30(45)25(15-18(2)3)40-33(47)48)27(42)31(46)38-23(11-8-14-37-32(35)36)29(44)39-24(28(34)43)17-20-12-13-21-9-6-7-10-22(21)16-20/h6-7,9-10,12-13,16,18-19,23-26,40H,5,8,11,14-15,17H2,1-4H3,(H2,34,43)(H,38,46)(H,39,44)(H,41,45)(H,47,48)(H4,35,36,37)/t19-,23-,24-,25-,26?/m0/s1. The molecule has 2 aromatic rings. The molecule has 0 aliphatic carbocycles.